The lowest BCUT2D eigenvalue weighted by molar-refractivity contribution is -0.148. The van der Waals surface area contributed by atoms with E-state index in [1.807, 2.05) is 60.7 Å². The Morgan fingerprint density at radius 3 is 1.46 bits per heavy atom. The van der Waals surface area contributed by atoms with E-state index in [4.69, 9.17) is 14.6 Å². The van der Waals surface area contributed by atoms with Crippen molar-refractivity contribution < 1.29 is 57.7 Å². The number of carboxylic acids is 1. The molecule has 3 unspecified atom stereocenters. The molecule has 3 atom stereocenters. The van der Waals surface area contributed by atoms with E-state index in [2.05, 4.69) is 37.2 Å². The number of benzene rings is 2. The number of nitrogens with one attached hydrogen (secondary N) is 4. The van der Waals surface area contributed by atoms with Crippen LogP contribution in [0.3, 0.4) is 0 Å². The molecule has 3 saturated heterocycles. The molecule has 2 aromatic carbocycles. The van der Waals surface area contributed by atoms with Gasteiger partial charge in [-0.2, -0.15) is 0 Å². The van der Waals surface area contributed by atoms with Gasteiger partial charge in [0.1, 0.15) is 18.5 Å². The summed E-state index contributed by atoms with van der Waals surface area (Å²) in [7, 11) is 4.93. The first-order chi connectivity index (χ1) is 27.1. The van der Waals surface area contributed by atoms with Crippen molar-refractivity contribution in [1.82, 2.24) is 31.1 Å². The number of carbonyl (C=O) groups is 9. The average molecular weight is 862 g/mol. The van der Waals surface area contributed by atoms with Crippen LogP contribution in [0.4, 0.5) is 0 Å². The van der Waals surface area contributed by atoms with Gasteiger partial charge < -0.3 is 19.9 Å². The number of likely N-dealkylation sites (N-methyl/N-ethyl adjacent to an activating group) is 3. The molecule has 18 nitrogen and oxygen atoms in total. The van der Waals surface area contributed by atoms with E-state index >= 15 is 0 Å². The maximum atomic E-state index is 11.8. The number of carboxylic acid groups (broad SMARTS) is 1. The second-order valence-corrected chi connectivity index (χ2v) is 13.4. The van der Waals surface area contributed by atoms with Crippen molar-refractivity contribution in [1.29, 1.82) is 0 Å². The average Bonchev–Trinajstić information content (AvgIpc) is 3.17. The Kier molecular flexibility index (Phi) is 21.6. The number of rotatable bonds is 12. The minimum Gasteiger partial charge on any atom is -0.480 e. The summed E-state index contributed by atoms with van der Waals surface area (Å²) in [4.78, 5) is 102. The normalized spacial score (nSPS) is 18.9. The van der Waals surface area contributed by atoms with Crippen LogP contribution < -0.4 is 21.3 Å². The lowest BCUT2D eigenvalue weighted by Gasteiger charge is -2.28. The Balaban J connectivity index is 0.000000274. The van der Waals surface area contributed by atoms with E-state index in [0.717, 1.165) is 11.1 Å². The third-order valence-electron chi connectivity index (χ3n) is 8.43. The number of aliphatic carboxylic acids is 1. The van der Waals surface area contributed by atoms with E-state index in [9.17, 15) is 43.2 Å². The van der Waals surface area contributed by atoms with Gasteiger partial charge in [0.25, 0.3) is 0 Å². The first-order valence-electron chi connectivity index (χ1n) is 17.9. The predicted octanol–water partition coefficient (Wildman–Crippen LogP) is 0.411. The van der Waals surface area contributed by atoms with Gasteiger partial charge in [0.15, 0.2) is 0 Å². The zero-order valence-corrected chi connectivity index (χ0v) is 33.6. The van der Waals surface area contributed by atoms with Crippen LogP contribution in [-0.2, 0) is 65.8 Å². The number of imide groups is 3. The number of piperidine rings is 3. The summed E-state index contributed by atoms with van der Waals surface area (Å²) in [6.07, 6.45) is 2.42. The van der Waals surface area contributed by atoms with Crippen molar-refractivity contribution in [3.05, 3.63) is 71.8 Å². The third kappa shape index (κ3) is 18.9. The van der Waals surface area contributed by atoms with Gasteiger partial charge in [-0.15, -0.1) is 0 Å². The molecule has 0 bridgehead atoms. The fourth-order valence-corrected chi connectivity index (χ4v) is 5.53. The molecule has 6 amide bonds. The van der Waals surface area contributed by atoms with Crippen molar-refractivity contribution in [2.75, 3.05) is 39.6 Å². The predicted molar refractivity (Wildman–Crippen MR) is 207 cm³/mol. The highest BCUT2D eigenvalue weighted by atomic mass is 79.9. The minimum absolute atomic E-state index is 0.0130. The molecule has 0 radical (unpaired) electrons. The molecule has 3 fully saturated rings. The Morgan fingerprint density at radius 1 is 0.667 bits per heavy atom. The zero-order chi connectivity index (χ0) is 42.3. The zero-order valence-electron chi connectivity index (χ0n) is 32.0. The van der Waals surface area contributed by atoms with Crippen LogP contribution >= 0.6 is 15.9 Å². The van der Waals surface area contributed by atoms with E-state index in [0.29, 0.717) is 38.7 Å². The molecule has 5 rings (SSSR count). The number of carbonyl (C=O) groups excluding carboxylic acids is 8. The lowest BCUT2D eigenvalue weighted by Crippen LogP contribution is -2.52. The van der Waals surface area contributed by atoms with Gasteiger partial charge in [0.2, 0.25) is 35.4 Å². The molecule has 19 heteroatoms. The van der Waals surface area contributed by atoms with Crippen molar-refractivity contribution in [3.63, 3.8) is 0 Å². The van der Waals surface area contributed by atoms with E-state index < -0.39 is 29.9 Å². The Bertz CT molecular complexity index is 1700. The highest BCUT2D eigenvalue weighted by molar-refractivity contribution is 9.09. The summed E-state index contributed by atoms with van der Waals surface area (Å²) in [5.74, 6) is -3.33. The fourth-order valence-electron chi connectivity index (χ4n) is 5.37. The number of hydrogen-bond acceptors (Lipinski definition) is 14. The number of amides is 6. The van der Waals surface area contributed by atoms with Crippen LogP contribution in [0, 0.1) is 0 Å². The molecule has 3 heterocycles. The van der Waals surface area contributed by atoms with Gasteiger partial charge in [0, 0.05) is 19.3 Å². The number of alkyl halides is 1. The Hall–Kier alpha value is -5.37. The van der Waals surface area contributed by atoms with Gasteiger partial charge in [-0.1, -0.05) is 76.6 Å². The third-order valence-corrected chi connectivity index (χ3v) is 8.89. The molecular formula is C38H49BrN6O12. The molecule has 3 aliphatic rings. The molecule has 310 valence electrons. The molecular weight excluding hydrogens is 812 g/mol. The van der Waals surface area contributed by atoms with Gasteiger partial charge in [-0.3, -0.25) is 68.9 Å². The van der Waals surface area contributed by atoms with E-state index in [1.165, 1.54) is 4.90 Å². The summed E-state index contributed by atoms with van der Waals surface area (Å²) < 4.78 is 10.1. The second kappa shape index (κ2) is 25.7. The van der Waals surface area contributed by atoms with Crippen molar-refractivity contribution in [2.24, 2.45) is 0 Å². The molecule has 0 aromatic heterocycles. The molecule has 0 saturated carbocycles. The number of esters is 2. The van der Waals surface area contributed by atoms with E-state index in [-0.39, 0.29) is 73.0 Å². The summed E-state index contributed by atoms with van der Waals surface area (Å²) in [5, 5.41) is 18.3. The molecule has 0 spiro atoms. The van der Waals surface area contributed by atoms with Crippen molar-refractivity contribution in [3.8, 4) is 0 Å². The highest BCUT2D eigenvalue weighted by Gasteiger charge is 2.31. The molecule has 2 aromatic rings. The van der Waals surface area contributed by atoms with Crippen molar-refractivity contribution >= 4 is 69.3 Å². The summed E-state index contributed by atoms with van der Waals surface area (Å²) in [6, 6.07) is 17.8. The number of halogens is 1. The van der Waals surface area contributed by atoms with Crippen LogP contribution in [-0.4, -0.2) is 126 Å². The topological polar surface area (TPSA) is 247 Å². The summed E-state index contributed by atoms with van der Waals surface area (Å²) in [5.41, 5.74) is 1.92. The van der Waals surface area contributed by atoms with Gasteiger partial charge in [-0.25, -0.2) is 0 Å². The molecule has 3 aliphatic heterocycles. The van der Waals surface area contributed by atoms with Crippen LogP contribution in [0.5, 0.6) is 0 Å². The van der Waals surface area contributed by atoms with Crippen LogP contribution in [0.15, 0.2) is 60.7 Å². The summed E-state index contributed by atoms with van der Waals surface area (Å²) in [6.45, 7) is 0.375. The molecule has 5 N–H and O–H groups in total. The monoisotopic (exact) mass is 860 g/mol. The van der Waals surface area contributed by atoms with Crippen LogP contribution in [0.2, 0.25) is 0 Å². The first-order valence-corrected chi connectivity index (χ1v) is 19.0. The summed E-state index contributed by atoms with van der Waals surface area (Å²) >= 11 is 3.01. The number of nitrogens with zero attached hydrogens (tertiary/aromatic N) is 2. The molecule has 0 aliphatic carbocycles. The Labute approximate surface area is 338 Å². The largest absolute Gasteiger partial charge is 0.480 e. The Morgan fingerprint density at radius 2 is 1.07 bits per heavy atom. The quantitative estimate of drug-likeness (QED) is 0.110. The smallest absolute Gasteiger partial charge is 0.320 e. The number of hydrogen-bond donors (Lipinski definition) is 5. The molecule has 57 heavy (non-hydrogen) atoms. The number of ether oxygens (including phenoxy) is 2. The highest BCUT2D eigenvalue weighted by Crippen LogP contribution is 2.12. The van der Waals surface area contributed by atoms with Crippen LogP contribution in [0.1, 0.15) is 49.7 Å². The standard InChI is InChI=1S/C15H18N2O4.C9H9BrO2.C8H12N2O4.C6H10N2O2/c1-17(12-7-8-13(18)16-15(12)20)9-14(19)21-10-11-5-3-2-4-6-11;10-6-9(11)12-7-8-4-2-1-3-5-8;1-10(4-7(12)13)5-2-3-6(11)9-8(5)14;1-7-4-2-3-5(9)8-6(4)10/h2-6,12H,7-10H2,1H3,(H,16,18,20);1-5H,6-7H2;5H,2-4H2,1H3,(H,12,13)(H,9,11,14);4,7H,2-3H2,1H3,(H,8,9,10). The first kappa shape index (κ1) is 47.8. The second-order valence-electron chi connectivity index (χ2n) is 12.9. The lowest BCUT2D eigenvalue weighted by atomic mass is 10.1. The van der Waals surface area contributed by atoms with Crippen LogP contribution in [0.25, 0.3) is 0 Å². The minimum atomic E-state index is -0.989. The maximum absolute atomic E-state index is 11.8. The van der Waals surface area contributed by atoms with Crippen molar-refractivity contribution in [2.45, 2.75) is 69.9 Å². The van der Waals surface area contributed by atoms with E-state index in [1.54, 1.807) is 26.0 Å². The fraction of sp³-hybridized carbons (Fsp3) is 0.447. The van der Waals surface area contributed by atoms with Gasteiger partial charge in [0.05, 0.1) is 31.2 Å². The SMILES string of the molecule is CN(CC(=O)O)C1CCC(=O)NC1=O.CN(CC(=O)OCc1ccccc1)C1CCC(=O)NC1=O.CNC1CCC(=O)NC1=O.O=C(CBr)OCc1ccccc1. The maximum Gasteiger partial charge on any atom is 0.320 e. The van der Waals surface area contributed by atoms with Gasteiger partial charge >= 0.3 is 17.9 Å². The van der Waals surface area contributed by atoms with Gasteiger partial charge in [-0.05, 0) is 51.5 Å².